The fraction of sp³-hybridized carbons (Fsp3) is 0.500. The van der Waals surface area contributed by atoms with Crippen LogP contribution in [-0.2, 0) is 11.3 Å². The van der Waals surface area contributed by atoms with Crippen molar-refractivity contribution in [2.45, 2.75) is 39.2 Å². The van der Waals surface area contributed by atoms with E-state index < -0.39 is 0 Å². The van der Waals surface area contributed by atoms with Crippen LogP contribution in [0.1, 0.15) is 32.6 Å². The second-order valence-corrected chi connectivity index (χ2v) is 6.89. The summed E-state index contributed by atoms with van der Waals surface area (Å²) in [5.74, 6) is 0.559. The predicted octanol–water partition coefficient (Wildman–Crippen LogP) is 3.10. The zero-order valence-corrected chi connectivity index (χ0v) is 14.8. The van der Waals surface area contributed by atoms with Gasteiger partial charge >= 0.3 is 0 Å². The predicted molar refractivity (Wildman–Crippen MR) is 97.6 cm³/mol. The molecule has 0 spiro atoms. The van der Waals surface area contributed by atoms with Gasteiger partial charge in [-0.3, -0.25) is 14.2 Å². The number of para-hydroxylation sites is 1. The first-order valence-electron chi connectivity index (χ1n) is 8.59. The Balaban J connectivity index is 1.83. The van der Waals surface area contributed by atoms with E-state index >= 15 is 0 Å². The molecule has 1 atom stereocenters. The highest BCUT2D eigenvalue weighted by Gasteiger charge is 2.23. The second-order valence-electron chi connectivity index (χ2n) is 6.50. The Morgan fingerprint density at radius 1 is 1.38 bits per heavy atom. The number of carbonyl (C=O) groups excluding carboxylic acids is 1. The summed E-state index contributed by atoms with van der Waals surface area (Å²) in [6.45, 7) is 3.76. The van der Waals surface area contributed by atoms with Gasteiger partial charge in [-0.05, 0) is 49.5 Å². The van der Waals surface area contributed by atoms with E-state index in [4.69, 9.17) is 12.2 Å². The quantitative estimate of drug-likeness (QED) is 0.866. The van der Waals surface area contributed by atoms with Crippen LogP contribution in [0.25, 0.3) is 10.9 Å². The van der Waals surface area contributed by atoms with Gasteiger partial charge in [-0.25, -0.2) is 0 Å². The molecule has 3 rings (SSSR count). The third kappa shape index (κ3) is 3.43. The number of benzene rings is 1. The van der Waals surface area contributed by atoms with Crippen LogP contribution in [0.4, 0.5) is 0 Å². The van der Waals surface area contributed by atoms with Crippen molar-refractivity contribution in [1.29, 1.82) is 0 Å². The molecule has 1 N–H and O–H groups in total. The van der Waals surface area contributed by atoms with Gasteiger partial charge in [-0.15, -0.1) is 0 Å². The first-order valence-corrected chi connectivity index (χ1v) is 9.00. The van der Waals surface area contributed by atoms with E-state index in [0.29, 0.717) is 21.6 Å². The normalized spacial score (nSPS) is 18.0. The molecule has 0 saturated carbocycles. The molecule has 2 heterocycles. The van der Waals surface area contributed by atoms with Crippen molar-refractivity contribution in [3.8, 4) is 0 Å². The zero-order valence-electron chi connectivity index (χ0n) is 14.0. The Bertz CT molecular complexity index is 853. The van der Waals surface area contributed by atoms with Crippen LogP contribution in [0.15, 0.2) is 29.1 Å². The molecular weight excluding hydrogens is 322 g/mol. The number of H-pyrrole nitrogens is 1. The summed E-state index contributed by atoms with van der Waals surface area (Å²) >= 11 is 5.29. The SMILES string of the molecule is CCC[C@H]1CCCN(C(=O)Cn2c(=S)[nH]c3ccccc3c2=O)C1. The summed E-state index contributed by atoms with van der Waals surface area (Å²) in [5.41, 5.74) is 0.502. The molecule has 128 valence electrons. The van der Waals surface area contributed by atoms with Crippen molar-refractivity contribution >= 4 is 29.0 Å². The number of likely N-dealkylation sites (tertiary alicyclic amines) is 1. The van der Waals surface area contributed by atoms with Gasteiger partial charge in [0.15, 0.2) is 4.77 Å². The van der Waals surface area contributed by atoms with Crippen molar-refractivity contribution in [3.63, 3.8) is 0 Å². The third-order valence-corrected chi connectivity index (χ3v) is 5.07. The molecule has 1 saturated heterocycles. The van der Waals surface area contributed by atoms with E-state index in [1.165, 1.54) is 11.0 Å². The monoisotopic (exact) mass is 345 g/mol. The number of nitrogens with zero attached hydrogens (tertiary/aromatic N) is 2. The minimum absolute atomic E-state index is 0.0118. The Morgan fingerprint density at radius 2 is 2.17 bits per heavy atom. The maximum atomic E-state index is 12.7. The van der Waals surface area contributed by atoms with Crippen LogP contribution in [0.3, 0.4) is 0 Å². The molecule has 1 aromatic carbocycles. The number of hydrogen-bond acceptors (Lipinski definition) is 3. The Hall–Kier alpha value is -1.95. The summed E-state index contributed by atoms with van der Waals surface area (Å²) in [7, 11) is 0. The van der Waals surface area contributed by atoms with Gasteiger partial charge in [0.1, 0.15) is 6.54 Å². The van der Waals surface area contributed by atoms with Crippen LogP contribution >= 0.6 is 12.2 Å². The van der Waals surface area contributed by atoms with Crippen LogP contribution in [0.2, 0.25) is 0 Å². The summed E-state index contributed by atoms with van der Waals surface area (Å²) < 4.78 is 1.68. The number of aromatic amines is 1. The highest BCUT2D eigenvalue weighted by molar-refractivity contribution is 7.71. The number of amides is 1. The lowest BCUT2D eigenvalue weighted by Gasteiger charge is -2.32. The molecular formula is C18H23N3O2S. The minimum Gasteiger partial charge on any atom is -0.341 e. The first-order chi connectivity index (χ1) is 11.6. The van der Waals surface area contributed by atoms with E-state index in [1.54, 1.807) is 6.07 Å². The molecule has 1 aromatic heterocycles. The van der Waals surface area contributed by atoms with E-state index in [9.17, 15) is 9.59 Å². The number of hydrogen-bond donors (Lipinski definition) is 1. The Morgan fingerprint density at radius 3 is 2.96 bits per heavy atom. The highest BCUT2D eigenvalue weighted by atomic mass is 32.1. The molecule has 0 radical (unpaired) electrons. The Kier molecular flexibility index (Phi) is 5.14. The lowest BCUT2D eigenvalue weighted by Crippen LogP contribution is -2.43. The summed E-state index contributed by atoms with van der Waals surface area (Å²) in [5, 5.41) is 0.557. The second kappa shape index (κ2) is 7.30. The van der Waals surface area contributed by atoms with Crippen molar-refractivity contribution in [1.82, 2.24) is 14.5 Å². The van der Waals surface area contributed by atoms with E-state index in [2.05, 4.69) is 11.9 Å². The molecule has 0 bridgehead atoms. The van der Waals surface area contributed by atoms with Gasteiger partial charge in [0.05, 0.1) is 10.9 Å². The van der Waals surface area contributed by atoms with Gasteiger partial charge in [0.25, 0.3) is 5.56 Å². The van der Waals surface area contributed by atoms with E-state index in [1.807, 2.05) is 23.1 Å². The van der Waals surface area contributed by atoms with Crippen LogP contribution in [-0.4, -0.2) is 33.4 Å². The van der Waals surface area contributed by atoms with Gasteiger partial charge in [0, 0.05) is 13.1 Å². The van der Waals surface area contributed by atoms with Crippen molar-refractivity contribution in [2.75, 3.05) is 13.1 Å². The highest BCUT2D eigenvalue weighted by Crippen LogP contribution is 2.21. The maximum absolute atomic E-state index is 12.7. The fourth-order valence-electron chi connectivity index (χ4n) is 3.51. The van der Waals surface area contributed by atoms with Gasteiger partial charge in [-0.2, -0.15) is 0 Å². The molecule has 6 heteroatoms. The fourth-order valence-corrected chi connectivity index (χ4v) is 3.77. The lowest BCUT2D eigenvalue weighted by atomic mass is 9.94. The van der Waals surface area contributed by atoms with Gasteiger partial charge in [0.2, 0.25) is 5.91 Å². The lowest BCUT2D eigenvalue weighted by molar-refractivity contribution is -0.133. The molecule has 1 amide bonds. The third-order valence-electron chi connectivity index (χ3n) is 4.75. The molecule has 1 aliphatic heterocycles. The maximum Gasteiger partial charge on any atom is 0.262 e. The average Bonchev–Trinajstić information content (AvgIpc) is 2.59. The van der Waals surface area contributed by atoms with Gasteiger partial charge in [-0.1, -0.05) is 25.5 Å². The number of carbonyl (C=O) groups is 1. The number of fused-ring (bicyclic) bond motifs is 1. The van der Waals surface area contributed by atoms with Crippen LogP contribution < -0.4 is 5.56 Å². The average molecular weight is 345 g/mol. The molecule has 1 fully saturated rings. The largest absolute Gasteiger partial charge is 0.341 e. The molecule has 1 aliphatic rings. The Labute approximate surface area is 146 Å². The smallest absolute Gasteiger partial charge is 0.262 e. The molecule has 2 aromatic rings. The standard InChI is InChI=1S/C18H23N3O2S/c1-2-6-13-7-5-10-20(11-13)16(22)12-21-17(23)14-8-3-4-9-15(14)19-18(21)24/h3-4,8-9,13H,2,5-7,10-12H2,1H3,(H,19,24)/t13-/m0/s1. The topological polar surface area (TPSA) is 58.1 Å². The number of rotatable bonds is 4. The van der Waals surface area contributed by atoms with Crippen molar-refractivity contribution in [3.05, 3.63) is 39.4 Å². The molecule has 5 nitrogen and oxygen atoms in total. The van der Waals surface area contributed by atoms with Crippen molar-refractivity contribution < 1.29 is 4.79 Å². The molecule has 0 unspecified atom stereocenters. The van der Waals surface area contributed by atoms with Crippen LogP contribution in [0.5, 0.6) is 0 Å². The van der Waals surface area contributed by atoms with Crippen molar-refractivity contribution in [2.24, 2.45) is 5.92 Å². The summed E-state index contributed by atoms with van der Waals surface area (Å²) in [6, 6.07) is 7.23. The first kappa shape index (κ1) is 16.9. The zero-order chi connectivity index (χ0) is 17.1. The molecule has 24 heavy (non-hydrogen) atoms. The summed E-state index contributed by atoms with van der Waals surface area (Å²) in [4.78, 5) is 30.2. The van der Waals surface area contributed by atoms with E-state index in [-0.39, 0.29) is 18.0 Å². The molecule has 0 aliphatic carbocycles. The number of nitrogens with one attached hydrogen (secondary N) is 1. The number of piperidine rings is 1. The van der Waals surface area contributed by atoms with E-state index in [0.717, 1.165) is 32.4 Å². The summed E-state index contributed by atoms with van der Waals surface area (Å²) in [6.07, 6.45) is 4.52. The number of aromatic nitrogens is 2. The minimum atomic E-state index is -0.204. The van der Waals surface area contributed by atoms with Crippen LogP contribution in [0, 0.1) is 10.7 Å². The van der Waals surface area contributed by atoms with Gasteiger partial charge < -0.3 is 9.88 Å².